The molecule has 0 aliphatic heterocycles. The predicted molar refractivity (Wildman–Crippen MR) is 70.6 cm³/mol. The molecule has 0 N–H and O–H groups in total. The van der Waals surface area contributed by atoms with Gasteiger partial charge in [0.1, 0.15) is 0 Å². The van der Waals surface area contributed by atoms with Gasteiger partial charge in [-0.1, -0.05) is 13.8 Å². The fraction of sp³-hybridized carbons (Fsp3) is 0.846. The Labute approximate surface area is 113 Å². The van der Waals surface area contributed by atoms with Gasteiger partial charge in [-0.05, 0) is 12.8 Å². The summed E-state index contributed by atoms with van der Waals surface area (Å²) in [4.78, 5) is 26.6. The first-order chi connectivity index (χ1) is 9.12. The molecule has 6 nitrogen and oxygen atoms in total. The average Bonchev–Trinajstić information content (AvgIpc) is 2.38. The molecule has 0 spiro atoms. The summed E-state index contributed by atoms with van der Waals surface area (Å²) in [6, 6.07) is 0. The third-order valence-electron chi connectivity index (χ3n) is 2.23. The first-order valence-electron chi connectivity index (χ1n) is 6.35. The maximum atomic E-state index is 9.83. The number of hydrogen-bond donors (Lipinski definition) is 0. The Hall–Kier alpha value is -1.32. The first-order valence-corrected chi connectivity index (χ1v) is 6.35. The molecule has 0 aliphatic rings. The summed E-state index contributed by atoms with van der Waals surface area (Å²) in [5, 5.41) is 0. The van der Waals surface area contributed by atoms with Gasteiger partial charge < -0.3 is 9.47 Å². The minimum absolute atomic E-state index is 0.0676. The summed E-state index contributed by atoms with van der Waals surface area (Å²) in [6.45, 7) is 7.34. The lowest BCUT2D eigenvalue weighted by molar-refractivity contribution is -0.00362. The van der Waals surface area contributed by atoms with Crippen molar-refractivity contribution in [2.75, 3.05) is 39.5 Å². The van der Waals surface area contributed by atoms with E-state index in [0.29, 0.717) is 39.5 Å². The summed E-state index contributed by atoms with van der Waals surface area (Å²) in [6.07, 6.45) is 4.42. The number of rotatable bonds is 12. The Morgan fingerprint density at radius 1 is 0.895 bits per heavy atom. The van der Waals surface area contributed by atoms with Crippen LogP contribution in [0.3, 0.4) is 0 Å². The molecule has 0 rings (SSSR count). The highest BCUT2D eigenvalue weighted by atomic mass is 16.5. The van der Waals surface area contributed by atoms with Crippen LogP contribution in [0.25, 0.3) is 0 Å². The minimum Gasteiger partial charge on any atom is -0.381 e. The van der Waals surface area contributed by atoms with Crippen LogP contribution in [0.1, 0.15) is 26.7 Å². The lowest BCUT2D eigenvalue weighted by Crippen LogP contribution is -2.26. The highest BCUT2D eigenvalue weighted by Crippen LogP contribution is 2.16. The largest absolute Gasteiger partial charge is 0.381 e. The molecular formula is C13H22N2O4. The molecule has 0 saturated heterocycles. The zero-order chi connectivity index (χ0) is 14.4. The van der Waals surface area contributed by atoms with Gasteiger partial charge in [0.2, 0.25) is 12.2 Å². The average molecular weight is 270 g/mol. The van der Waals surface area contributed by atoms with E-state index in [0.717, 1.165) is 12.8 Å². The molecule has 0 fully saturated rings. The van der Waals surface area contributed by atoms with Crippen molar-refractivity contribution in [3.8, 4) is 0 Å². The van der Waals surface area contributed by atoms with Gasteiger partial charge in [0.25, 0.3) is 0 Å². The van der Waals surface area contributed by atoms with E-state index in [1.165, 1.54) is 12.2 Å². The summed E-state index contributed by atoms with van der Waals surface area (Å²) in [7, 11) is 0. The Morgan fingerprint density at radius 2 is 1.32 bits per heavy atom. The van der Waals surface area contributed by atoms with Crippen LogP contribution in [0, 0.1) is 5.41 Å². The van der Waals surface area contributed by atoms with Crippen LogP contribution >= 0.6 is 0 Å². The monoisotopic (exact) mass is 270 g/mol. The molecule has 0 aromatic carbocycles. The van der Waals surface area contributed by atoms with E-state index in [4.69, 9.17) is 9.47 Å². The van der Waals surface area contributed by atoms with Gasteiger partial charge in [0, 0.05) is 18.6 Å². The van der Waals surface area contributed by atoms with Crippen molar-refractivity contribution < 1.29 is 19.1 Å². The van der Waals surface area contributed by atoms with E-state index in [1.807, 2.05) is 0 Å². The van der Waals surface area contributed by atoms with E-state index < -0.39 is 0 Å². The van der Waals surface area contributed by atoms with Gasteiger partial charge in [0.15, 0.2) is 0 Å². The van der Waals surface area contributed by atoms with Gasteiger partial charge in [-0.3, -0.25) is 0 Å². The lowest BCUT2D eigenvalue weighted by atomic mass is 9.96. The van der Waals surface area contributed by atoms with Gasteiger partial charge in [-0.2, -0.15) is 0 Å². The molecular weight excluding hydrogens is 248 g/mol. The number of aliphatic imine (C=N–C) groups is 2. The molecule has 108 valence electrons. The quantitative estimate of drug-likeness (QED) is 0.306. The molecule has 0 atom stereocenters. The fourth-order valence-corrected chi connectivity index (χ4v) is 1.32. The van der Waals surface area contributed by atoms with E-state index in [1.54, 1.807) is 0 Å². The van der Waals surface area contributed by atoms with E-state index in [-0.39, 0.29) is 5.41 Å². The Balaban J connectivity index is 3.51. The van der Waals surface area contributed by atoms with Gasteiger partial charge in [-0.15, -0.1) is 0 Å². The smallest absolute Gasteiger partial charge is 0.234 e. The summed E-state index contributed by atoms with van der Waals surface area (Å²) < 4.78 is 11.0. The van der Waals surface area contributed by atoms with Crippen molar-refractivity contribution in [2.24, 2.45) is 15.4 Å². The van der Waals surface area contributed by atoms with Crippen LogP contribution in [-0.2, 0) is 19.1 Å². The maximum Gasteiger partial charge on any atom is 0.234 e. The van der Waals surface area contributed by atoms with Crippen molar-refractivity contribution in [1.29, 1.82) is 0 Å². The van der Waals surface area contributed by atoms with Crippen LogP contribution in [0.2, 0.25) is 0 Å². The second-order valence-electron chi connectivity index (χ2n) is 4.92. The summed E-state index contributed by atoms with van der Waals surface area (Å²) >= 11 is 0. The molecule has 6 heteroatoms. The van der Waals surface area contributed by atoms with Crippen LogP contribution in [0.5, 0.6) is 0 Å². The van der Waals surface area contributed by atoms with Crippen molar-refractivity contribution in [1.82, 2.24) is 0 Å². The number of hydrogen-bond acceptors (Lipinski definition) is 6. The van der Waals surface area contributed by atoms with Crippen LogP contribution < -0.4 is 0 Å². The normalized spacial score (nSPS) is 10.6. The summed E-state index contributed by atoms with van der Waals surface area (Å²) in [5.41, 5.74) is -0.0676. The van der Waals surface area contributed by atoms with Crippen molar-refractivity contribution >= 4 is 12.2 Å². The Bertz CT molecular complexity index is 289. The van der Waals surface area contributed by atoms with Gasteiger partial charge >= 0.3 is 0 Å². The van der Waals surface area contributed by atoms with Gasteiger partial charge in [0.05, 0.1) is 26.3 Å². The highest BCUT2D eigenvalue weighted by Gasteiger charge is 2.18. The zero-order valence-electron chi connectivity index (χ0n) is 11.7. The Kier molecular flexibility index (Phi) is 10.9. The third kappa shape index (κ3) is 12.9. The number of nitrogens with zero attached hydrogens (tertiary/aromatic N) is 2. The topological polar surface area (TPSA) is 77.3 Å². The zero-order valence-corrected chi connectivity index (χ0v) is 11.7. The molecule has 0 heterocycles. The molecule has 19 heavy (non-hydrogen) atoms. The highest BCUT2D eigenvalue weighted by molar-refractivity contribution is 5.32. The molecule has 0 saturated carbocycles. The molecule has 0 radical (unpaired) electrons. The Morgan fingerprint density at radius 3 is 1.68 bits per heavy atom. The van der Waals surface area contributed by atoms with Crippen molar-refractivity contribution in [2.45, 2.75) is 26.7 Å². The van der Waals surface area contributed by atoms with E-state index >= 15 is 0 Å². The molecule has 0 bridgehead atoms. The molecule has 0 aromatic rings. The van der Waals surface area contributed by atoms with Crippen molar-refractivity contribution in [3.05, 3.63) is 0 Å². The third-order valence-corrected chi connectivity index (χ3v) is 2.23. The van der Waals surface area contributed by atoms with E-state index in [2.05, 4.69) is 23.8 Å². The number of isocyanates is 2. The molecule has 0 amide bonds. The number of carbonyl (C=O) groups excluding carboxylic acids is 2. The first kappa shape index (κ1) is 17.7. The van der Waals surface area contributed by atoms with Crippen LogP contribution in [-0.4, -0.2) is 51.7 Å². The SMILES string of the molecule is CC(C)(COCCCN=C=O)COCCCN=C=O. The standard InChI is InChI=1S/C13H22N2O4/c1-13(2,9-18-7-3-5-14-11-16)10-19-8-4-6-15-12-17/h3-10H2,1-2H3. The van der Waals surface area contributed by atoms with Crippen LogP contribution in [0.15, 0.2) is 9.98 Å². The second-order valence-corrected chi connectivity index (χ2v) is 4.92. The van der Waals surface area contributed by atoms with Crippen LogP contribution in [0.4, 0.5) is 0 Å². The minimum atomic E-state index is -0.0676. The number of ether oxygens (including phenoxy) is 2. The predicted octanol–water partition coefficient (Wildman–Crippen LogP) is 1.50. The molecule has 0 aromatic heterocycles. The molecule has 0 aliphatic carbocycles. The second kappa shape index (κ2) is 11.8. The lowest BCUT2D eigenvalue weighted by Gasteiger charge is -2.24. The summed E-state index contributed by atoms with van der Waals surface area (Å²) in [5.74, 6) is 0. The maximum absolute atomic E-state index is 9.83. The van der Waals surface area contributed by atoms with E-state index in [9.17, 15) is 9.59 Å². The van der Waals surface area contributed by atoms with Crippen molar-refractivity contribution in [3.63, 3.8) is 0 Å². The molecule has 0 unspecified atom stereocenters. The van der Waals surface area contributed by atoms with Gasteiger partial charge in [-0.25, -0.2) is 19.6 Å². The fourth-order valence-electron chi connectivity index (χ4n) is 1.32.